The van der Waals surface area contributed by atoms with Crippen LogP contribution in [0.25, 0.3) is 16.7 Å². The Morgan fingerprint density at radius 3 is 2.62 bits per heavy atom. The summed E-state index contributed by atoms with van der Waals surface area (Å²) in [6.07, 6.45) is 1.78. The number of hydrogen-bond donors (Lipinski definition) is 1. The fraction of sp³-hybridized carbons (Fsp3) is 0.111. The van der Waals surface area contributed by atoms with Crippen LogP contribution in [0, 0.1) is 0 Å². The number of hydrogen-bond acceptors (Lipinski definition) is 5. The number of aliphatic carboxylic acids is 1. The fourth-order valence-electron chi connectivity index (χ4n) is 2.75. The van der Waals surface area contributed by atoms with Gasteiger partial charge >= 0.3 is 5.97 Å². The van der Waals surface area contributed by atoms with E-state index >= 15 is 0 Å². The maximum Gasteiger partial charge on any atom is 0.313 e. The van der Waals surface area contributed by atoms with Gasteiger partial charge in [0.05, 0.1) is 29.7 Å². The zero-order chi connectivity index (χ0) is 17.9. The predicted molar refractivity (Wildman–Crippen MR) is 98.6 cm³/mol. The van der Waals surface area contributed by atoms with Gasteiger partial charge in [-0.15, -0.1) is 10.2 Å². The third-order valence-corrected chi connectivity index (χ3v) is 4.79. The SMILES string of the molecule is O=C(O)CSc1nnc(Cn2cnc3ccccc32)n1-c1ccccc1. The Hall–Kier alpha value is -3.13. The van der Waals surface area contributed by atoms with Crippen LogP contribution in [0.2, 0.25) is 0 Å². The monoisotopic (exact) mass is 365 g/mol. The number of aromatic nitrogens is 5. The van der Waals surface area contributed by atoms with Crippen LogP contribution in [-0.2, 0) is 11.3 Å². The third kappa shape index (κ3) is 3.18. The Balaban J connectivity index is 1.75. The van der Waals surface area contributed by atoms with Crippen LogP contribution in [0.1, 0.15) is 5.82 Å². The van der Waals surface area contributed by atoms with Crippen molar-refractivity contribution in [2.45, 2.75) is 11.7 Å². The minimum absolute atomic E-state index is 0.0705. The second-order valence-corrected chi connectivity index (χ2v) is 6.56. The van der Waals surface area contributed by atoms with E-state index in [9.17, 15) is 4.79 Å². The van der Waals surface area contributed by atoms with Crippen LogP contribution in [0.15, 0.2) is 66.1 Å². The van der Waals surface area contributed by atoms with Gasteiger partial charge in [-0.05, 0) is 24.3 Å². The molecule has 4 rings (SSSR count). The molecule has 0 amide bonds. The lowest BCUT2D eigenvalue weighted by Crippen LogP contribution is -2.08. The van der Waals surface area contributed by atoms with Crippen LogP contribution in [-0.4, -0.2) is 41.1 Å². The molecule has 26 heavy (non-hydrogen) atoms. The van der Waals surface area contributed by atoms with Gasteiger partial charge in [0, 0.05) is 5.69 Å². The van der Waals surface area contributed by atoms with Crippen molar-refractivity contribution in [3.63, 3.8) is 0 Å². The first-order valence-electron chi connectivity index (χ1n) is 7.96. The molecule has 8 heteroatoms. The molecule has 0 aliphatic carbocycles. The van der Waals surface area contributed by atoms with Gasteiger partial charge in [-0.1, -0.05) is 42.1 Å². The Morgan fingerprint density at radius 1 is 1.04 bits per heavy atom. The number of nitrogens with zero attached hydrogens (tertiary/aromatic N) is 5. The van der Waals surface area contributed by atoms with E-state index in [2.05, 4.69) is 15.2 Å². The molecule has 7 nitrogen and oxygen atoms in total. The molecule has 1 N–H and O–H groups in total. The van der Waals surface area contributed by atoms with Crippen molar-refractivity contribution >= 4 is 28.8 Å². The Kier molecular flexibility index (Phi) is 4.40. The minimum atomic E-state index is -0.889. The van der Waals surface area contributed by atoms with Crippen molar-refractivity contribution in [3.05, 3.63) is 66.7 Å². The normalized spacial score (nSPS) is 11.1. The maximum absolute atomic E-state index is 10.9. The standard InChI is InChI=1S/C18H15N5O2S/c24-17(25)11-26-18-21-20-16(23(18)13-6-2-1-3-7-13)10-22-12-19-14-8-4-5-9-15(14)22/h1-9,12H,10-11H2,(H,24,25). The Morgan fingerprint density at radius 2 is 1.81 bits per heavy atom. The molecular weight excluding hydrogens is 350 g/mol. The quantitative estimate of drug-likeness (QED) is 0.529. The summed E-state index contributed by atoms with van der Waals surface area (Å²) in [6, 6.07) is 17.6. The van der Waals surface area contributed by atoms with E-state index in [-0.39, 0.29) is 5.75 Å². The highest BCUT2D eigenvalue weighted by atomic mass is 32.2. The number of fused-ring (bicyclic) bond motifs is 1. The van der Waals surface area contributed by atoms with E-state index < -0.39 is 5.97 Å². The molecule has 0 radical (unpaired) electrons. The average Bonchev–Trinajstić information content (AvgIpc) is 3.25. The summed E-state index contributed by atoms with van der Waals surface area (Å²) < 4.78 is 3.90. The van der Waals surface area contributed by atoms with Crippen molar-refractivity contribution in [1.29, 1.82) is 0 Å². The Labute approximate surface area is 153 Å². The molecule has 0 saturated carbocycles. The van der Waals surface area contributed by atoms with E-state index in [1.165, 1.54) is 0 Å². The van der Waals surface area contributed by atoms with E-state index in [4.69, 9.17) is 5.11 Å². The molecule has 0 bridgehead atoms. The summed E-state index contributed by atoms with van der Waals surface area (Å²) in [4.78, 5) is 15.3. The first kappa shape index (κ1) is 16.3. The van der Waals surface area contributed by atoms with Crippen LogP contribution in [0.3, 0.4) is 0 Å². The number of benzene rings is 2. The number of carbonyl (C=O) groups is 1. The lowest BCUT2D eigenvalue weighted by Gasteiger charge is -2.10. The molecule has 0 aliphatic rings. The summed E-state index contributed by atoms with van der Waals surface area (Å²) in [5.74, 6) is -0.245. The number of rotatable bonds is 6. The van der Waals surface area contributed by atoms with Gasteiger partial charge in [0.25, 0.3) is 0 Å². The molecule has 0 spiro atoms. The fourth-order valence-corrected chi connectivity index (χ4v) is 3.44. The van der Waals surface area contributed by atoms with Crippen molar-refractivity contribution in [3.8, 4) is 5.69 Å². The van der Waals surface area contributed by atoms with Crippen molar-refractivity contribution < 1.29 is 9.90 Å². The van der Waals surface area contributed by atoms with Gasteiger partial charge in [-0.25, -0.2) is 4.98 Å². The second kappa shape index (κ2) is 7.01. The summed E-state index contributed by atoms with van der Waals surface area (Å²) >= 11 is 1.15. The maximum atomic E-state index is 10.9. The van der Waals surface area contributed by atoms with Gasteiger partial charge in [-0.3, -0.25) is 9.36 Å². The molecule has 4 aromatic rings. The number of carboxylic acids is 1. The predicted octanol–water partition coefficient (Wildman–Crippen LogP) is 2.84. The molecular formula is C18H15N5O2S. The summed E-state index contributed by atoms with van der Waals surface area (Å²) in [7, 11) is 0. The summed E-state index contributed by atoms with van der Waals surface area (Å²) in [6.45, 7) is 0.482. The number of carboxylic acid groups (broad SMARTS) is 1. The largest absolute Gasteiger partial charge is 0.481 e. The molecule has 2 heterocycles. The second-order valence-electron chi connectivity index (χ2n) is 5.61. The third-order valence-electron chi connectivity index (χ3n) is 3.88. The van der Waals surface area contributed by atoms with E-state index in [1.807, 2.05) is 63.7 Å². The lowest BCUT2D eigenvalue weighted by atomic mass is 10.3. The number of para-hydroxylation sites is 3. The van der Waals surface area contributed by atoms with Crippen LogP contribution < -0.4 is 0 Å². The zero-order valence-electron chi connectivity index (χ0n) is 13.7. The van der Waals surface area contributed by atoms with Crippen molar-refractivity contribution in [1.82, 2.24) is 24.3 Å². The van der Waals surface area contributed by atoms with Gasteiger partial charge in [0.2, 0.25) is 0 Å². The molecule has 2 aromatic heterocycles. The van der Waals surface area contributed by atoms with Gasteiger partial charge in [-0.2, -0.15) is 0 Å². The Bertz CT molecular complexity index is 1060. The highest BCUT2D eigenvalue weighted by Gasteiger charge is 2.16. The smallest absolute Gasteiger partial charge is 0.313 e. The first-order chi connectivity index (χ1) is 12.7. The van der Waals surface area contributed by atoms with Crippen molar-refractivity contribution in [2.75, 3.05) is 5.75 Å². The highest BCUT2D eigenvalue weighted by molar-refractivity contribution is 7.99. The van der Waals surface area contributed by atoms with Gasteiger partial charge in [0.15, 0.2) is 11.0 Å². The molecule has 130 valence electrons. The molecule has 0 saturated heterocycles. The van der Waals surface area contributed by atoms with Gasteiger partial charge < -0.3 is 9.67 Å². The zero-order valence-corrected chi connectivity index (χ0v) is 14.5. The molecule has 0 unspecified atom stereocenters. The minimum Gasteiger partial charge on any atom is -0.481 e. The van der Waals surface area contributed by atoms with Crippen LogP contribution in [0.4, 0.5) is 0 Å². The van der Waals surface area contributed by atoms with E-state index in [0.717, 1.165) is 28.5 Å². The highest BCUT2D eigenvalue weighted by Crippen LogP contribution is 2.23. The summed E-state index contributed by atoms with van der Waals surface area (Å²) in [5.41, 5.74) is 2.82. The van der Waals surface area contributed by atoms with Crippen molar-refractivity contribution in [2.24, 2.45) is 0 Å². The topological polar surface area (TPSA) is 85.8 Å². The van der Waals surface area contributed by atoms with Crippen LogP contribution in [0.5, 0.6) is 0 Å². The lowest BCUT2D eigenvalue weighted by molar-refractivity contribution is -0.133. The molecule has 0 atom stereocenters. The van der Waals surface area contributed by atoms with E-state index in [0.29, 0.717) is 17.5 Å². The van der Waals surface area contributed by atoms with E-state index in [1.54, 1.807) is 6.33 Å². The molecule has 2 aromatic carbocycles. The molecule has 0 aliphatic heterocycles. The molecule has 0 fully saturated rings. The van der Waals surface area contributed by atoms with Gasteiger partial charge in [0.1, 0.15) is 0 Å². The summed E-state index contributed by atoms with van der Waals surface area (Å²) in [5, 5.41) is 18.0. The average molecular weight is 365 g/mol. The number of imidazole rings is 1. The van der Waals surface area contributed by atoms with Crippen LogP contribution >= 0.6 is 11.8 Å². The number of thioether (sulfide) groups is 1. The first-order valence-corrected chi connectivity index (χ1v) is 8.95.